The van der Waals surface area contributed by atoms with Gasteiger partial charge in [-0.25, -0.2) is 0 Å². The van der Waals surface area contributed by atoms with Crippen molar-refractivity contribution in [3.05, 3.63) is 35.4 Å². The molecule has 5 heteroatoms. The molecule has 20 heavy (non-hydrogen) atoms. The molecule has 0 bridgehead atoms. The van der Waals surface area contributed by atoms with E-state index in [9.17, 15) is 18.0 Å². The highest BCUT2D eigenvalue weighted by atomic mass is 19.4. The first-order valence-electron chi connectivity index (χ1n) is 6.72. The van der Waals surface area contributed by atoms with E-state index in [-0.39, 0.29) is 11.9 Å². The van der Waals surface area contributed by atoms with E-state index in [1.54, 1.807) is 0 Å². The maximum atomic E-state index is 12.4. The molecule has 0 aromatic heterocycles. The molecule has 0 heterocycles. The summed E-state index contributed by atoms with van der Waals surface area (Å²) >= 11 is 0. The normalized spacial score (nSPS) is 22.4. The van der Waals surface area contributed by atoms with Gasteiger partial charge in [0.25, 0.3) is 0 Å². The first kappa shape index (κ1) is 15.0. The van der Waals surface area contributed by atoms with Crippen LogP contribution < -0.4 is 0 Å². The van der Waals surface area contributed by atoms with E-state index in [0.717, 1.165) is 25.0 Å². The highest BCUT2D eigenvalue weighted by Crippen LogP contribution is 2.34. The minimum absolute atomic E-state index is 0.0985. The maximum absolute atomic E-state index is 12.4. The Morgan fingerprint density at radius 2 is 1.85 bits per heavy atom. The molecule has 1 fully saturated rings. The highest BCUT2D eigenvalue weighted by Gasteiger charge is 2.32. The topological polar surface area (TPSA) is 26.3 Å². The van der Waals surface area contributed by atoms with Gasteiger partial charge in [-0.3, -0.25) is 4.79 Å². The number of carbonyl (C=O) groups is 1. The number of rotatable bonds is 5. The zero-order valence-corrected chi connectivity index (χ0v) is 11.2. The van der Waals surface area contributed by atoms with Gasteiger partial charge >= 0.3 is 6.18 Å². The molecule has 2 rings (SSSR count). The standard InChI is InChI=1S/C15H17F3O2/c1-2-20-13-7-10(8-13)9-14(19)11-3-5-12(6-4-11)15(16,17)18/h3-6,10,13H,2,7-9H2,1H3. The number of halogens is 3. The zero-order valence-electron chi connectivity index (χ0n) is 11.2. The smallest absolute Gasteiger partial charge is 0.378 e. The SMILES string of the molecule is CCOC1CC(CC(=O)c2ccc(C(F)(F)F)cc2)C1. The molecule has 0 saturated heterocycles. The molecular formula is C15H17F3O2. The summed E-state index contributed by atoms with van der Waals surface area (Å²) in [5, 5.41) is 0. The molecule has 1 aliphatic rings. The van der Waals surface area contributed by atoms with Gasteiger partial charge in [-0.15, -0.1) is 0 Å². The van der Waals surface area contributed by atoms with Crippen LogP contribution in [0.2, 0.25) is 0 Å². The monoisotopic (exact) mass is 286 g/mol. The fourth-order valence-corrected chi connectivity index (χ4v) is 2.44. The van der Waals surface area contributed by atoms with Crippen LogP contribution in [0, 0.1) is 5.92 Å². The second kappa shape index (κ2) is 5.95. The van der Waals surface area contributed by atoms with Crippen molar-refractivity contribution in [2.45, 2.75) is 38.5 Å². The Morgan fingerprint density at radius 3 is 2.35 bits per heavy atom. The summed E-state index contributed by atoms with van der Waals surface area (Å²) in [6.45, 7) is 2.60. The molecule has 2 nitrogen and oxygen atoms in total. The van der Waals surface area contributed by atoms with Gasteiger partial charge in [0.1, 0.15) is 0 Å². The van der Waals surface area contributed by atoms with Crippen LogP contribution in [0.15, 0.2) is 24.3 Å². The zero-order chi connectivity index (χ0) is 14.8. The van der Waals surface area contributed by atoms with Crippen molar-refractivity contribution in [3.63, 3.8) is 0 Å². The van der Waals surface area contributed by atoms with Gasteiger partial charge in [0, 0.05) is 18.6 Å². The second-order valence-electron chi connectivity index (χ2n) is 5.12. The van der Waals surface area contributed by atoms with E-state index in [0.29, 0.717) is 24.5 Å². The van der Waals surface area contributed by atoms with Gasteiger partial charge < -0.3 is 4.74 Å². The number of hydrogen-bond acceptors (Lipinski definition) is 2. The van der Waals surface area contributed by atoms with Crippen LogP contribution in [0.4, 0.5) is 13.2 Å². The Morgan fingerprint density at radius 1 is 1.25 bits per heavy atom. The van der Waals surface area contributed by atoms with E-state index >= 15 is 0 Å². The number of hydrogen-bond donors (Lipinski definition) is 0. The Kier molecular flexibility index (Phi) is 4.48. The third-order valence-corrected chi connectivity index (χ3v) is 3.60. The lowest BCUT2D eigenvalue weighted by molar-refractivity contribution is -0.137. The third kappa shape index (κ3) is 3.60. The summed E-state index contributed by atoms with van der Waals surface area (Å²) < 4.78 is 42.6. The minimum Gasteiger partial charge on any atom is -0.378 e. The molecule has 0 amide bonds. The van der Waals surface area contributed by atoms with Crippen molar-refractivity contribution in [1.29, 1.82) is 0 Å². The van der Waals surface area contributed by atoms with Crippen molar-refractivity contribution < 1.29 is 22.7 Å². The molecule has 1 aromatic carbocycles. The molecule has 1 saturated carbocycles. The quantitative estimate of drug-likeness (QED) is 0.762. The maximum Gasteiger partial charge on any atom is 0.416 e. The van der Waals surface area contributed by atoms with E-state index in [2.05, 4.69) is 0 Å². The largest absolute Gasteiger partial charge is 0.416 e. The van der Waals surface area contributed by atoms with E-state index in [1.807, 2.05) is 6.92 Å². The molecule has 0 aliphatic heterocycles. The van der Waals surface area contributed by atoms with Gasteiger partial charge in [-0.2, -0.15) is 13.2 Å². The lowest BCUT2D eigenvalue weighted by Crippen LogP contribution is -2.32. The van der Waals surface area contributed by atoms with Crippen LogP contribution in [0.25, 0.3) is 0 Å². The fraction of sp³-hybridized carbons (Fsp3) is 0.533. The summed E-state index contributed by atoms with van der Waals surface area (Å²) in [5.41, 5.74) is -0.382. The number of ether oxygens (including phenoxy) is 1. The average molecular weight is 286 g/mol. The number of benzene rings is 1. The van der Waals surface area contributed by atoms with Crippen LogP contribution in [0.5, 0.6) is 0 Å². The minimum atomic E-state index is -4.36. The van der Waals surface area contributed by atoms with E-state index in [1.165, 1.54) is 12.1 Å². The summed E-state index contributed by atoms with van der Waals surface area (Å²) in [4.78, 5) is 12.0. The van der Waals surface area contributed by atoms with Crippen molar-refractivity contribution in [2.75, 3.05) is 6.61 Å². The highest BCUT2D eigenvalue weighted by molar-refractivity contribution is 5.96. The molecule has 0 unspecified atom stereocenters. The van der Waals surface area contributed by atoms with Crippen molar-refractivity contribution in [2.24, 2.45) is 5.92 Å². The van der Waals surface area contributed by atoms with Gasteiger partial charge in [-0.05, 0) is 37.8 Å². The number of ketones is 1. The van der Waals surface area contributed by atoms with Crippen LogP contribution >= 0.6 is 0 Å². The first-order valence-corrected chi connectivity index (χ1v) is 6.72. The molecule has 0 N–H and O–H groups in total. The summed E-state index contributed by atoms with van der Waals surface area (Å²) in [7, 11) is 0. The Hall–Kier alpha value is -1.36. The predicted octanol–water partition coefficient (Wildman–Crippen LogP) is 4.09. The predicted molar refractivity (Wildman–Crippen MR) is 68.5 cm³/mol. The molecule has 1 aliphatic carbocycles. The van der Waals surface area contributed by atoms with Gasteiger partial charge in [-0.1, -0.05) is 12.1 Å². The molecular weight excluding hydrogens is 269 g/mol. The molecule has 0 spiro atoms. The lowest BCUT2D eigenvalue weighted by Gasteiger charge is -2.34. The number of alkyl halides is 3. The molecule has 0 atom stereocenters. The van der Waals surface area contributed by atoms with Crippen molar-refractivity contribution in [3.8, 4) is 0 Å². The van der Waals surface area contributed by atoms with Crippen LogP contribution in [-0.4, -0.2) is 18.5 Å². The van der Waals surface area contributed by atoms with Crippen molar-refractivity contribution in [1.82, 2.24) is 0 Å². The Balaban J connectivity index is 1.88. The van der Waals surface area contributed by atoms with Crippen LogP contribution in [-0.2, 0) is 10.9 Å². The molecule has 110 valence electrons. The van der Waals surface area contributed by atoms with Crippen molar-refractivity contribution >= 4 is 5.78 Å². The average Bonchev–Trinajstić information content (AvgIpc) is 2.35. The van der Waals surface area contributed by atoms with Crippen LogP contribution in [0.3, 0.4) is 0 Å². The van der Waals surface area contributed by atoms with Gasteiger partial charge in [0.15, 0.2) is 5.78 Å². The second-order valence-corrected chi connectivity index (χ2v) is 5.12. The van der Waals surface area contributed by atoms with Gasteiger partial charge in [0.2, 0.25) is 0 Å². The number of carbonyl (C=O) groups excluding carboxylic acids is 1. The van der Waals surface area contributed by atoms with E-state index in [4.69, 9.17) is 4.74 Å². The van der Waals surface area contributed by atoms with E-state index < -0.39 is 11.7 Å². The molecule has 0 radical (unpaired) electrons. The molecule has 1 aromatic rings. The lowest BCUT2D eigenvalue weighted by atomic mass is 9.78. The van der Waals surface area contributed by atoms with Crippen LogP contribution in [0.1, 0.15) is 42.1 Å². The Labute approximate surface area is 115 Å². The summed E-state index contributed by atoms with van der Waals surface area (Å²) in [6.07, 6.45) is -2.01. The number of Topliss-reactive ketones (excluding diaryl/α,β-unsaturated/α-hetero) is 1. The van der Waals surface area contributed by atoms with Gasteiger partial charge in [0.05, 0.1) is 11.7 Å². The summed E-state index contributed by atoms with van der Waals surface area (Å²) in [6, 6.07) is 4.42. The Bertz CT molecular complexity index is 459. The summed E-state index contributed by atoms with van der Waals surface area (Å²) in [5.74, 6) is 0.194. The fourth-order valence-electron chi connectivity index (χ4n) is 2.44. The third-order valence-electron chi connectivity index (χ3n) is 3.60. The first-order chi connectivity index (χ1) is 9.40.